The largest absolute Gasteiger partial charge is 0.402 e. The fraction of sp³-hybridized carbons (Fsp3) is 0.100. The lowest BCUT2D eigenvalue weighted by molar-refractivity contribution is 0.255. The highest BCUT2D eigenvalue weighted by Gasteiger charge is 2.02. The van der Waals surface area contributed by atoms with Crippen LogP contribution in [-0.4, -0.2) is 12.3 Å². The topological polar surface area (TPSA) is 67.1 Å². The van der Waals surface area contributed by atoms with Crippen molar-refractivity contribution in [3.05, 3.63) is 41.6 Å². The summed E-state index contributed by atoms with van der Waals surface area (Å²) in [6.45, 7) is 0. The second-order valence-electron chi connectivity index (χ2n) is 2.68. The molecule has 0 bridgehead atoms. The molecule has 0 aliphatic rings. The molecule has 2 amide bonds. The van der Waals surface area contributed by atoms with Crippen LogP contribution in [0.25, 0.3) is 0 Å². The van der Waals surface area contributed by atoms with Crippen LogP contribution in [0.2, 0.25) is 0 Å². The van der Waals surface area contributed by atoms with Crippen LogP contribution in [0.3, 0.4) is 0 Å². The Balaban J connectivity index is 2.50. The van der Waals surface area contributed by atoms with E-state index < -0.39 is 0 Å². The molecule has 0 heterocycles. The van der Waals surface area contributed by atoms with Crippen molar-refractivity contribution in [1.82, 2.24) is 5.32 Å². The van der Waals surface area contributed by atoms with Crippen molar-refractivity contribution in [1.29, 1.82) is 0 Å². The van der Waals surface area contributed by atoms with Crippen LogP contribution in [0.1, 0.15) is 0 Å². The molecular formula is C10H13N3OS. The molecule has 0 atom stereocenters. The number of anilines is 1. The minimum absolute atomic E-state index is 0.299. The van der Waals surface area contributed by atoms with E-state index in [4.69, 9.17) is 5.73 Å². The van der Waals surface area contributed by atoms with Gasteiger partial charge in [0, 0.05) is 11.9 Å². The lowest BCUT2D eigenvalue weighted by Crippen LogP contribution is -2.27. The highest BCUT2D eigenvalue weighted by molar-refractivity contribution is 8.02. The molecule has 0 aliphatic heterocycles. The normalized spacial score (nSPS) is 10.9. The van der Waals surface area contributed by atoms with Crippen molar-refractivity contribution < 1.29 is 4.79 Å². The first-order valence-corrected chi connectivity index (χ1v) is 5.57. The molecule has 0 aromatic heterocycles. The third-order valence-corrected chi connectivity index (χ3v) is 2.32. The van der Waals surface area contributed by atoms with E-state index in [2.05, 4.69) is 10.6 Å². The average Bonchev–Trinajstić information content (AvgIpc) is 2.27. The quantitative estimate of drug-likeness (QED) is 0.733. The Kier molecular flexibility index (Phi) is 4.56. The number of amides is 2. The standard InChI is InChI=1S/C10H13N3OS/c1-15-9(7-11)13-10(14)12-8-5-3-2-4-6-8/h2-7H,11H2,1H3,(H2,12,13,14)/b9-7-. The summed E-state index contributed by atoms with van der Waals surface area (Å²) in [6.07, 6.45) is 3.19. The summed E-state index contributed by atoms with van der Waals surface area (Å²) < 4.78 is 0. The van der Waals surface area contributed by atoms with Crippen molar-refractivity contribution in [3.63, 3.8) is 0 Å². The first-order valence-electron chi connectivity index (χ1n) is 4.35. The molecule has 1 aromatic rings. The number of hydrogen-bond acceptors (Lipinski definition) is 3. The maximum absolute atomic E-state index is 11.4. The fourth-order valence-electron chi connectivity index (χ4n) is 0.956. The number of benzene rings is 1. The SMILES string of the molecule is CS/C(=C\N)NC(=O)Nc1ccccc1. The average molecular weight is 223 g/mol. The van der Waals surface area contributed by atoms with Crippen LogP contribution in [0.4, 0.5) is 10.5 Å². The van der Waals surface area contributed by atoms with E-state index in [9.17, 15) is 4.79 Å². The van der Waals surface area contributed by atoms with Gasteiger partial charge in [0.05, 0.1) is 5.03 Å². The summed E-state index contributed by atoms with van der Waals surface area (Å²) in [5.74, 6) is 0. The number of hydrogen-bond donors (Lipinski definition) is 3. The molecule has 15 heavy (non-hydrogen) atoms. The zero-order valence-electron chi connectivity index (χ0n) is 8.36. The van der Waals surface area contributed by atoms with Crippen LogP contribution in [-0.2, 0) is 0 Å². The van der Waals surface area contributed by atoms with Gasteiger partial charge in [-0.3, -0.25) is 0 Å². The molecule has 4 N–H and O–H groups in total. The number of carbonyl (C=O) groups excluding carboxylic acids is 1. The number of para-hydroxylation sites is 1. The molecule has 0 unspecified atom stereocenters. The summed E-state index contributed by atoms with van der Waals surface area (Å²) in [5.41, 5.74) is 6.04. The summed E-state index contributed by atoms with van der Waals surface area (Å²) in [6, 6.07) is 8.91. The van der Waals surface area contributed by atoms with Gasteiger partial charge in [0.1, 0.15) is 0 Å². The number of carbonyl (C=O) groups is 1. The molecule has 0 saturated heterocycles. The third-order valence-electron chi connectivity index (χ3n) is 1.64. The van der Waals surface area contributed by atoms with E-state index >= 15 is 0 Å². The molecule has 1 aromatic carbocycles. The van der Waals surface area contributed by atoms with E-state index in [1.165, 1.54) is 18.0 Å². The van der Waals surface area contributed by atoms with Gasteiger partial charge in [0.25, 0.3) is 0 Å². The van der Waals surface area contributed by atoms with Crippen LogP contribution in [0.5, 0.6) is 0 Å². The van der Waals surface area contributed by atoms with Gasteiger partial charge in [0.2, 0.25) is 0 Å². The van der Waals surface area contributed by atoms with Crippen molar-refractivity contribution in [2.75, 3.05) is 11.6 Å². The Morgan fingerprint density at radius 1 is 1.40 bits per heavy atom. The molecule has 80 valence electrons. The second kappa shape index (κ2) is 5.98. The minimum Gasteiger partial charge on any atom is -0.402 e. The molecule has 0 radical (unpaired) electrons. The monoisotopic (exact) mass is 223 g/mol. The number of nitrogens with two attached hydrogens (primary N) is 1. The van der Waals surface area contributed by atoms with E-state index in [1.807, 2.05) is 36.6 Å². The predicted molar refractivity (Wildman–Crippen MR) is 64.4 cm³/mol. The van der Waals surface area contributed by atoms with Gasteiger partial charge in [-0.2, -0.15) is 0 Å². The van der Waals surface area contributed by atoms with Gasteiger partial charge in [0.15, 0.2) is 0 Å². The molecule has 0 spiro atoms. The Morgan fingerprint density at radius 2 is 2.07 bits per heavy atom. The van der Waals surface area contributed by atoms with E-state index in [0.29, 0.717) is 5.03 Å². The maximum atomic E-state index is 11.4. The summed E-state index contributed by atoms with van der Waals surface area (Å²) in [4.78, 5) is 11.4. The van der Waals surface area contributed by atoms with Gasteiger partial charge >= 0.3 is 6.03 Å². The van der Waals surface area contributed by atoms with Gasteiger partial charge in [-0.15, -0.1) is 11.8 Å². The third kappa shape index (κ3) is 3.95. The van der Waals surface area contributed by atoms with Gasteiger partial charge in [-0.25, -0.2) is 4.79 Å². The van der Waals surface area contributed by atoms with E-state index in [0.717, 1.165) is 5.69 Å². The number of thioether (sulfide) groups is 1. The Bertz CT molecular complexity index is 351. The number of rotatable bonds is 3. The van der Waals surface area contributed by atoms with Gasteiger partial charge in [-0.1, -0.05) is 18.2 Å². The fourth-order valence-corrected chi connectivity index (χ4v) is 1.29. The number of urea groups is 1. The summed E-state index contributed by atoms with van der Waals surface area (Å²) >= 11 is 1.37. The van der Waals surface area contributed by atoms with Gasteiger partial charge < -0.3 is 16.4 Å². The van der Waals surface area contributed by atoms with E-state index in [-0.39, 0.29) is 6.03 Å². The highest BCUT2D eigenvalue weighted by Crippen LogP contribution is 2.07. The van der Waals surface area contributed by atoms with Crippen LogP contribution in [0.15, 0.2) is 41.6 Å². The zero-order chi connectivity index (χ0) is 11.1. The molecule has 0 fully saturated rings. The van der Waals surface area contributed by atoms with Crippen molar-refractivity contribution in [2.24, 2.45) is 5.73 Å². The number of nitrogens with one attached hydrogen (secondary N) is 2. The highest BCUT2D eigenvalue weighted by atomic mass is 32.2. The summed E-state index contributed by atoms with van der Waals surface area (Å²) in [5, 5.41) is 5.91. The van der Waals surface area contributed by atoms with Crippen molar-refractivity contribution >= 4 is 23.5 Å². The predicted octanol–water partition coefficient (Wildman–Crippen LogP) is 1.93. The smallest absolute Gasteiger partial charge is 0.324 e. The Morgan fingerprint density at radius 3 is 2.60 bits per heavy atom. The molecular weight excluding hydrogens is 210 g/mol. The van der Waals surface area contributed by atoms with Crippen LogP contribution in [0, 0.1) is 0 Å². The van der Waals surface area contributed by atoms with Gasteiger partial charge in [-0.05, 0) is 18.4 Å². The summed E-state index contributed by atoms with van der Waals surface area (Å²) in [7, 11) is 0. The van der Waals surface area contributed by atoms with Crippen molar-refractivity contribution in [2.45, 2.75) is 0 Å². The molecule has 1 rings (SSSR count). The molecule has 0 saturated carbocycles. The molecule has 5 heteroatoms. The van der Waals surface area contributed by atoms with E-state index in [1.54, 1.807) is 0 Å². The Hall–Kier alpha value is -1.62. The minimum atomic E-state index is -0.299. The van der Waals surface area contributed by atoms with Crippen molar-refractivity contribution in [3.8, 4) is 0 Å². The molecule has 4 nitrogen and oxygen atoms in total. The lowest BCUT2D eigenvalue weighted by Gasteiger charge is -2.07. The zero-order valence-corrected chi connectivity index (χ0v) is 9.17. The Labute approximate surface area is 92.9 Å². The van der Waals surface area contributed by atoms with Crippen LogP contribution < -0.4 is 16.4 Å². The first kappa shape index (κ1) is 11.5. The first-order chi connectivity index (χ1) is 7.26. The lowest BCUT2D eigenvalue weighted by atomic mass is 10.3. The maximum Gasteiger partial charge on any atom is 0.324 e. The molecule has 0 aliphatic carbocycles. The second-order valence-corrected chi connectivity index (χ2v) is 3.53. The van der Waals surface area contributed by atoms with Crippen LogP contribution >= 0.6 is 11.8 Å².